The van der Waals surface area contributed by atoms with Crippen molar-refractivity contribution in [2.75, 3.05) is 52.4 Å². The summed E-state index contributed by atoms with van der Waals surface area (Å²) in [6.07, 6.45) is 3.95. The molecule has 3 aliphatic heterocycles. The first-order valence-electron chi connectivity index (χ1n) is 9.56. The average molecular weight is 322 g/mol. The van der Waals surface area contributed by atoms with Crippen LogP contribution in [0.4, 0.5) is 0 Å². The topological polar surface area (TPSA) is 47.6 Å². The summed E-state index contributed by atoms with van der Waals surface area (Å²) in [5.41, 5.74) is 0. The fourth-order valence-corrected chi connectivity index (χ4v) is 4.13. The van der Waals surface area contributed by atoms with Crippen molar-refractivity contribution in [3.05, 3.63) is 0 Å². The van der Waals surface area contributed by atoms with Crippen LogP contribution in [0, 0.1) is 17.8 Å². The SMILES string of the molecule is CC(C)N1CCC(CN2CCC(CNC(=O)C3CNC3)C2)CC1. The third-order valence-corrected chi connectivity index (χ3v) is 5.98. The number of nitrogens with zero attached hydrogens (tertiary/aromatic N) is 2. The zero-order valence-corrected chi connectivity index (χ0v) is 14.9. The molecule has 5 heteroatoms. The number of hydrogen-bond donors (Lipinski definition) is 2. The highest BCUT2D eigenvalue weighted by molar-refractivity contribution is 5.79. The van der Waals surface area contributed by atoms with Crippen molar-refractivity contribution in [3.63, 3.8) is 0 Å². The highest BCUT2D eigenvalue weighted by atomic mass is 16.2. The first-order chi connectivity index (χ1) is 11.1. The van der Waals surface area contributed by atoms with Crippen LogP contribution in [0.15, 0.2) is 0 Å². The van der Waals surface area contributed by atoms with Crippen molar-refractivity contribution >= 4 is 5.91 Å². The number of piperidine rings is 1. The maximum Gasteiger partial charge on any atom is 0.225 e. The molecule has 0 aromatic heterocycles. The Balaban J connectivity index is 1.31. The van der Waals surface area contributed by atoms with Crippen molar-refractivity contribution in [2.45, 2.75) is 39.2 Å². The molecule has 0 spiro atoms. The van der Waals surface area contributed by atoms with Crippen LogP contribution in [0.2, 0.25) is 0 Å². The predicted molar refractivity (Wildman–Crippen MR) is 93.3 cm³/mol. The van der Waals surface area contributed by atoms with Gasteiger partial charge in [-0.2, -0.15) is 0 Å². The Bertz CT molecular complexity index is 388. The molecule has 3 rings (SSSR count). The van der Waals surface area contributed by atoms with Gasteiger partial charge in [0.05, 0.1) is 5.92 Å². The summed E-state index contributed by atoms with van der Waals surface area (Å²) >= 11 is 0. The van der Waals surface area contributed by atoms with Crippen molar-refractivity contribution in [2.24, 2.45) is 17.8 Å². The van der Waals surface area contributed by atoms with Gasteiger partial charge < -0.3 is 20.4 Å². The number of carbonyl (C=O) groups is 1. The van der Waals surface area contributed by atoms with Crippen LogP contribution in [0.25, 0.3) is 0 Å². The van der Waals surface area contributed by atoms with Gasteiger partial charge >= 0.3 is 0 Å². The molecule has 3 heterocycles. The van der Waals surface area contributed by atoms with Gasteiger partial charge in [-0.3, -0.25) is 4.79 Å². The Kier molecular flexibility index (Phi) is 5.94. The van der Waals surface area contributed by atoms with Crippen molar-refractivity contribution in [3.8, 4) is 0 Å². The predicted octanol–water partition coefficient (Wildman–Crippen LogP) is 0.764. The Morgan fingerprint density at radius 1 is 1.13 bits per heavy atom. The van der Waals surface area contributed by atoms with Crippen LogP contribution in [0.3, 0.4) is 0 Å². The van der Waals surface area contributed by atoms with E-state index in [4.69, 9.17) is 0 Å². The van der Waals surface area contributed by atoms with E-state index >= 15 is 0 Å². The molecular formula is C18H34N4O. The second kappa shape index (κ2) is 7.95. The summed E-state index contributed by atoms with van der Waals surface area (Å²) in [5.74, 6) is 2.00. The second-order valence-corrected chi connectivity index (χ2v) is 8.09. The third kappa shape index (κ3) is 4.68. The lowest BCUT2D eigenvalue weighted by atomic mass is 9.95. The van der Waals surface area contributed by atoms with Crippen LogP contribution in [0.5, 0.6) is 0 Å². The Hall–Kier alpha value is -0.650. The fourth-order valence-electron chi connectivity index (χ4n) is 4.13. The van der Waals surface area contributed by atoms with Gasteiger partial charge in [0.2, 0.25) is 5.91 Å². The zero-order valence-electron chi connectivity index (χ0n) is 14.9. The van der Waals surface area contributed by atoms with Crippen molar-refractivity contribution in [1.29, 1.82) is 0 Å². The number of likely N-dealkylation sites (tertiary alicyclic amines) is 2. The van der Waals surface area contributed by atoms with E-state index in [9.17, 15) is 4.79 Å². The molecule has 5 nitrogen and oxygen atoms in total. The van der Waals surface area contributed by atoms with E-state index in [1.54, 1.807) is 0 Å². The standard InChI is InChI=1S/C18H34N4O/c1-14(2)22-7-4-15(5-8-22)12-21-6-3-16(13-21)9-20-18(23)17-10-19-11-17/h14-17,19H,3-13H2,1-2H3,(H,20,23). The van der Waals surface area contributed by atoms with Crippen LogP contribution in [-0.2, 0) is 4.79 Å². The summed E-state index contributed by atoms with van der Waals surface area (Å²) in [4.78, 5) is 17.1. The molecule has 2 N–H and O–H groups in total. The minimum absolute atomic E-state index is 0.221. The normalized spacial score (nSPS) is 28.2. The van der Waals surface area contributed by atoms with Crippen molar-refractivity contribution in [1.82, 2.24) is 20.4 Å². The van der Waals surface area contributed by atoms with E-state index < -0.39 is 0 Å². The van der Waals surface area contributed by atoms with E-state index in [1.165, 1.54) is 52.0 Å². The summed E-state index contributed by atoms with van der Waals surface area (Å²) in [6.45, 7) is 13.4. The molecule has 1 amide bonds. The van der Waals surface area contributed by atoms with Gasteiger partial charge in [0.15, 0.2) is 0 Å². The van der Waals surface area contributed by atoms with Crippen LogP contribution in [-0.4, -0.2) is 74.1 Å². The average Bonchev–Trinajstić information content (AvgIpc) is 2.91. The number of hydrogen-bond acceptors (Lipinski definition) is 4. The lowest BCUT2D eigenvalue weighted by Gasteiger charge is -2.36. The summed E-state index contributed by atoms with van der Waals surface area (Å²) in [5, 5.41) is 6.32. The zero-order chi connectivity index (χ0) is 16.2. The van der Waals surface area contributed by atoms with Gasteiger partial charge in [-0.15, -0.1) is 0 Å². The maximum absolute atomic E-state index is 11.9. The Morgan fingerprint density at radius 3 is 2.43 bits per heavy atom. The van der Waals surface area contributed by atoms with Gasteiger partial charge in [0.25, 0.3) is 0 Å². The molecule has 0 aliphatic carbocycles. The molecular weight excluding hydrogens is 288 g/mol. The monoisotopic (exact) mass is 322 g/mol. The van der Waals surface area contributed by atoms with E-state index in [0.717, 1.165) is 25.6 Å². The highest BCUT2D eigenvalue weighted by Gasteiger charge is 2.29. The van der Waals surface area contributed by atoms with E-state index in [2.05, 4.69) is 34.3 Å². The quantitative estimate of drug-likeness (QED) is 0.758. The smallest absolute Gasteiger partial charge is 0.225 e. The molecule has 3 fully saturated rings. The van der Waals surface area contributed by atoms with Gasteiger partial charge in [-0.1, -0.05) is 0 Å². The minimum Gasteiger partial charge on any atom is -0.355 e. The molecule has 1 unspecified atom stereocenters. The van der Waals surface area contributed by atoms with Gasteiger partial charge in [0, 0.05) is 38.8 Å². The molecule has 23 heavy (non-hydrogen) atoms. The molecule has 0 saturated carbocycles. The van der Waals surface area contributed by atoms with E-state index in [-0.39, 0.29) is 11.8 Å². The summed E-state index contributed by atoms with van der Waals surface area (Å²) in [6, 6.07) is 0.696. The number of rotatable bonds is 6. The van der Waals surface area contributed by atoms with Gasteiger partial charge in [-0.25, -0.2) is 0 Å². The lowest BCUT2D eigenvalue weighted by Crippen LogP contribution is -2.51. The molecule has 3 aliphatic rings. The van der Waals surface area contributed by atoms with Gasteiger partial charge in [0.1, 0.15) is 0 Å². The highest BCUT2D eigenvalue weighted by Crippen LogP contribution is 2.23. The Morgan fingerprint density at radius 2 is 1.83 bits per heavy atom. The van der Waals surface area contributed by atoms with Gasteiger partial charge in [-0.05, 0) is 64.6 Å². The molecule has 0 aromatic rings. The number of nitrogens with one attached hydrogen (secondary N) is 2. The van der Waals surface area contributed by atoms with E-state index in [0.29, 0.717) is 12.0 Å². The first-order valence-corrected chi connectivity index (χ1v) is 9.56. The van der Waals surface area contributed by atoms with Crippen LogP contribution in [0.1, 0.15) is 33.1 Å². The minimum atomic E-state index is 0.221. The second-order valence-electron chi connectivity index (χ2n) is 8.09. The molecule has 0 bridgehead atoms. The molecule has 1 atom stereocenters. The van der Waals surface area contributed by atoms with E-state index in [1.807, 2.05) is 0 Å². The third-order valence-electron chi connectivity index (χ3n) is 5.98. The molecule has 0 radical (unpaired) electrons. The largest absolute Gasteiger partial charge is 0.355 e. The number of amides is 1. The fraction of sp³-hybridized carbons (Fsp3) is 0.944. The molecule has 132 valence electrons. The molecule has 3 saturated heterocycles. The summed E-state index contributed by atoms with van der Waals surface area (Å²) in [7, 11) is 0. The van der Waals surface area contributed by atoms with Crippen molar-refractivity contribution < 1.29 is 4.79 Å². The molecule has 0 aromatic carbocycles. The van der Waals surface area contributed by atoms with Crippen LogP contribution >= 0.6 is 0 Å². The van der Waals surface area contributed by atoms with Crippen LogP contribution < -0.4 is 10.6 Å². The lowest BCUT2D eigenvalue weighted by molar-refractivity contribution is -0.126. The number of carbonyl (C=O) groups excluding carboxylic acids is 1. The maximum atomic E-state index is 11.9. The Labute approximate surface area is 141 Å². The first kappa shape index (κ1) is 17.2. The summed E-state index contributed by atoms with van der Waals surface area (Å²) < 4.78 is 0.